The largest absolute Gasteiger partial charge is 0.397 e. The molecule has 1 aromatic heterocycles. The topological polar surface area (TPSA) is 46.3 Å². The molecule has 1 aromatic carbocycles. The molecule has 1 aliphatic heterocycles. The lowest BCUT2D eigenvalue weighted by Gasteiger charge is -2.31. The van der Waals surface area contributed by atoms with Crippen LogP contribution < -0.4 is 5.73 Å². The fourth-order valence-electron chi connectivity index (χ4n) is 2.68. The Morgan fingerprint density at radius 2 is 2.29 bits per heavy atom. The van der Waals surface area contributed by atoms with Gasteiger partial charge in [-0.05, 0) is 25.5 Å². The smallest absolute Gasteiger partial charge is 0.266 e. The average molecular weight is 320 g/mol. The minimum absolute atomic E-state index is 0.102. The molecular weight excluding hydrogens is 300 g/mol. The van der Waals surface area contributed by atoms with Crippen molar-refractivity contribution in [2.75, 3.05) is 24.6 Å². The van der Waals surface area contributed by atoms with E-state index in [0.717, 1.165) is 35.3 Å². The van der Waals surface area contributed by atoms with Gasteiger partial charge in [0.15, 0.2) is 0 Å². The minimum Gasteiger partial charge on any atom is -0.397 e. The number of nitrogens with zero attached hydrogens (tertiary/aromatic N) is 1. The predicted octanol–water partition coefficient (Wildman–Crippen LogP) is 3.76. The number of anilines is 1. The molecule has 0 saturated carbocycles. The molecule has 3 rings (SSSR count). The zero-order valence-corrected chi connectivity index (χ0v) is 14.0. The summed E-state index contributed by atoms with van der Waals surface area (Å²) in [7, 11) is 0. The highest BCUT2D eigenvalue weighted by atomic mass is 32.2. The maximum atomic E-state index is 12.8. The molecule has 3 nitrogen and oxygen atoms in total. The van der Waals surface area contributed by atoms with Gasteiger partial charge in [0, 0.05) is 34.2 Å². The van der Waals surface area contributed by atoms with Crippen LogP contribution in [0.25, 0.3) is 10.1 Å². The Balaban J connectivity index is 1.92. The second kappa shape index (κ2) is 5.89. The molecule has 1 amide bonds. The third kappa shape index (κ3) is 2.77. The van der Waals surface area contributed by atoms with Crippen molar-refractivity contribution in [2.45, 2.75) is 25.5 Å². The minimum atomic E-state index is 0.102. The lowest BCUT2D eigenvalue weighted by molar-refractivity contribution is 0.0767. The van der Waals surface area contributed by atoms with Gasteiger partial charge in [0.05, 0.1) is 5.69 Å². The zero-order chi connectivity index (χ0) is 15.0. The molecule has 2 aromatic rings. The van der Waals surface area contributed by atoms with Crippen molar-refractivity contribution < 1.29 is 4.79 Å². The highest BCUT2D eigenvalue weighted by Crippen LogP contribution is 2.35. The molecule has 0 bridgehead atoms. The van der Waals surface area contributed by atoms with E-state index in [4.69, 9.17) is 5.73 Å². The van der Waals surface area contributed by atoms with Gasteiger partial charge < -0.3 is 10.6 Å². The van der Waals surface area contributed by atoms with Crippen LogP contribution in [0.4, 0.5) is 5.69 Å². The molecule has 1 aliphatic rings. The normalized spacial score (nSPS) is 19.1. The highest BCUT2D eigenvalue weighted by Gasteiger charge is 2.27. The quantitative estimate of drug-likeness (QED) is 0.916. The number of carbonyl (C=O) groups excluding carboxylic acids is 1. The van der Waals surface area contributed by atoms with Crippen molar-refractivity contribution in [1.29, 1.82) is 0 Å². The number of amides is 1. The van der Waals surface area contributed by atoms with Crippen molar-refractivity contribution in [3.05, 3.63) is 28.6 Å². The van der Waals surface area contributed by atoms with Crippen LogP contribution in [-0.4, -0.2) is 34.9 Å². The van der Waals surface area contributed by atoms with Crippen LogP contribution in [0.1, 0.15) is 28.6 Å². The maximum absolute atomic E-state index is 12.8. The molecule has 112 valence electrons. The van der Waals surface area contributed by atoms with Gasteiger partial charge in [-0.1, -0.05) is 18.6 Å². The zero-order valence-electron chi connectivity index (χ0n) is 12.4. The fourth-order valence-corrected chi connectivity index (χ4v) is 4.94. The van der Waals surface area contributed by atoms with Crippen LogP contribution in [0.3, 0.4) is 0 Å². The first-order chi connectivity index (χ1) is 10.1. The van der Waals surface area contributed by atoms with E-state index in [9.17, 15) is 4.79 Å². The van der Waals surface area contributed by atoms with Crippen molar-refractivity contribution in [1.82, 2.24) is 4.90 Å². The third-order valence-electron chi connectivity index (χ3n) is 3.96. The molecule has 5 heteroatoms. The number of aryl methyl sites for hydroxylation is 1. The monoisotopic (exact) mass is 320 g/mol. The van der Waals surface area contributed by atoms with Crippen molar-refractivity contribution in [3.8, 4) is 0 Å². The van der Waals surface area contributed by atoms with Gasteiger partial charge in [-0.25, -0.2) is 0 Å². The van der Waals surface area contributed by atoms with Crippen molar-refractivity contribution in [3.63, 3.8) is 0 Å². The Morgan fingerprint density at radius 1 is 1.48 bits per heavy atom. The fraction of sp³-hybridized carbons (Fsp3) is 0.438. The van der Waals surface area contributed by atoms with Crippen LogP contribution in [0, 0.1) is 6.92 Å². The second-order valence-electron chi connectivity index (χ2n) is 5.50. The molecule has 1 unspecified atom stereocenters. The number of hydrogen-bond donors (Lipinski definition) is 1. The summed E-state index contributed by atoms with van der Waals surface area (Å²) in [6, 6.07) is 6.19. The van der Waals surface area contributed by atoms with Crippen molar-refractivity contribution in [2.24, 2.45) is 0 Å². The van der Waals surface area contributed by atoms with Gasteiger partial charge >= 0.3 is 0 Å². The first-order valence-corrected chi connectivity index (χ1v) is 9.16. The van der Waals surface area contributed by atoms with Gasteiger partial charge in [0.1, 0.15) is 4.88 Å². The van der Waals surface area contributed by atoms with E-state index in [1.807, 2.05) is 23.6 Å². The number of carbonyl (C=O) groups is 1. The van der Waals surface area contributed by atoms with Crippen LogP contribution >= 0.6 is 23.1 Å². The molecule has 0 spiro atoms. The van der Waals surface area contributed by atoms with Gasteiger partial charge in [0.25, 0.3) is 5.91 Å². The van der Waals surface area contributed by atoms with Gasteiger partial charge in [-0.3, -0.25) is 4.79 Å². The Morgan fingerprint density at radius 3 is 3.05 bits per heavy atom. The lowest BCUT2D eigenvalue weighted by atomic mass is 10.1. The SMILES string of the molecule is CCC1CN(C(=O)c2sc3ccc(C)cc3c2N)CCS1. The number of thioether (sulfide) groups is 1. The summed E-state index contributed by atoms with van der Waals surface area (Å²) in [4.78, 5) is 15.5. The summed E-state index contributed by atoms with van der Waals surface area (Å²) in [5.74, 6) is 1.12. The summed E-state index contributed by atoms with van der Waals surface area (Å²) in [6.45, 7) is 5.90. The molecular formula is C16H20N2OS2. The van der Waals surface area contributed by atoms with Crippen LogP contribution in [0.2, 0.25) is 0 Å². The molecule has 1 atom stereocenters. The molecule has 21 heavy (non-hydrogen) atoms. The van der Waals surface area contributed by atoms with E-state index in [2.05, 4.69) is 25.1 Å². The molecule has 1 saturated heterocycles. The number of nitrogens with two attached hydrogens (primary N) is 1. The maximum Gasteiger partial charge on any atom is 0.266 e. The Labute approximate surface area is 133 Å². The number of hydrogen-bond acceptors (Lipinski definition) is 4. The Kier molecular flexibility index (Phi) is 4.13. The van der Waals surface area contributed by atoms with Crippen LogP contribution in [0.15, 0.2) is 18.2 Å². The third-order valence-corrected chi connectivity index (χ3v) is 6.50. The summed E-state index contributed by atoms with van der Waals surface area (Å²) < 4.78 is 1.10. The van der Waals surface area contributed by atoms with E-state index in [1.165, 1.54) is 16.9 Å². The second-order valence-corrected chi connectivity index (χ2v) is 7.96. The average Bonchev–Trinajstić information content (AvgIpc) is 2.83. The van der Waals surface area contributed by atoms with E-state index in [1.54, 1.807) is 0 Å². The molecule has 1 fully saturated rings. The van der Waals surface area contributed by atoms with Crippen molar-refractivity contribution >= 4 is 44.8 Å². The highest BCUT2D eigenvalue weighted by molar-refractivity contribution is 8.00. The number of rotatable bonds is 2. The number of fused-ring (bicyclic) bond motifs is 1. The standard InChI is InChI=1S/C16H20N2OS2/c1-3-11-9-18(6-7-20-11)16(19)15-14(17)12-8-10(2)4-5-13(12)21-15/h4-5,8,11H,3,6-7,9,17H2,1-2H3. The first kappa shape index (κ1) is 14.7. The van der Waals surface area contributed by atoms with Gasteiger partial charge in [0.2, 0.25) is 0 Å². The number of thiophene rings is 1. The molecule has 0 aliphatic carbocycles. The summed E-state index contributed by atoms with van der Waals surface area (Å²) in [5, 5.41) is 1.57. The van der Waals surface area contributed by atoms with E-state index in [0.29, 0.717) is 15.8 Å². The van der Waals surface area contributed by atoms with Gasteiger partial charge in [-0.2, -0.15) is 11.8 Å². The van der Waals surface area contributed by atoms with E-state index < -0.39 is 0 Å². The van der Waals surface area contributed by atoms with Crippen LogP contribution in [0.5, 0.6) is 0 Å². The van der Waals surface area contributed by atoms with Crippen LogP contribution in [-0.2, 0) is 0 Å². The Hall–Kier alpha value is -1.20. The number of benzene rings is 1. The summed E-state index contributed by atoms with van der Waals surface area (Å²) >= 11 is 3.49. The predicted molar refractivity (Wildman–Crippen MR) is 93.4 cm³/mol. The molecule has 0 radical (unpaired) electrons. The van der Waals surface area contributed by atoms with Gasteiger partial charge in [-0.15, -0.1) is 11.3 Å². The van der Waals surface area contributed by atoms with E-state index >= 15 is 0 Å². The lowest BCUT2D eigenvalue weighted by Crippen LogP contribution is -2.41. The number of nitrogen functional groups attached to an aromatic ring is 1. The summed E-state index contributed by atoms with van der Waals surface area (Å²) in [5.41, 5.74) is 8.06. The molecule has 2 N–H and O–H groups in total. The first-order valence-electron chi connectivity index (χ1n) is 7.29. The van der Waals surface area contributed by atoms with E-state index in [-0.39, 0.29) is 5.91 Å². The Bertz CT molecular complexity index is 680. The summed E-state index contributed by atoms with van der Waals surface area (Å²) in [6.07, 6.45) is 1.11. The molecule has 2 heterocycles.